The SMILES string of the molecule is NCc1cc(COc2ccccc2)ccc1O. The number of benzene rings is 2. The Balaban J connectivity index is 2.04. The van der Waals surface area contributed by atoms with Crippen LogP contribution >= 0.6 is 0 Å². The summed E-state index contributed by atoms with van der Waals surface area (Å²) in [7, 11) is 0. The standard InChI is InChI=1S/C14H15NO2/c15-9-12-8-11(6-7-14(12)16)10-17-13-4-2-1-3-5-13/h1-8,16H,9-10,15H2. The van der Waals surface area contributed by atoms with Gasteiger partial charge in [0.25, 0.3) is 0 Å². The molecule has 0 amide bonds. The summed E-state index contributed by atoms with van der Waals surface area (Å²) in [5.74, 6) is 1.06. The van der Waals surface area contributed by atoms with Crippen molar-refractivity contribution in [1.82, 2.24) is 0 Å². The third-order valence-electron chi connectivity index (χ3n) is 2.51. The average molecular weight is 229 g/mol. The van der Waals surface area contributed by atoms with E-state index in [1.165, 1.54) is 0 Å². The molecule has 0 bridgehead atoms. The largest absolute Gasteiger partial charge is 0.508 e. The second-order valence-corrected chi connectivity index (χ2v) is 3.77. The van der Waals surface area contributed by atoms with Gasteiger partial charge >= 0.3 is 0 Å². The van der Waals surface area contributed by atoms with E-state index in [1.807, 2.05) is 42.5 Å². The highest BCUT2D eigenvalue weighted by Gasteiger charge is 2.01. The molecular weight excluding hydrogens is 214 g/mol. The van der Waals surface area contributed by atoms with Crippen LogP contribution in [0, 0.1) is 0 Å². The average Bonchev–Trinajstić information content (AvgIpc) is 2.39. The monoisotopic (exact) mass is 229 g/mol. The minimum atomic E-state index is 0.232. The van der Waals surface area contributed by atoms with Crippen molar-refractivity contribution in [2.45, 2.75) is 13.2 Å². The third-order valence-corrected chi connectivity index (χ3v) is 2.51. The highest BCUT2D eigenvalue weighted by Crippen LogP contribution is 2.19. The molecule has 0 radical (unpaired) electrons. The molecule has 0 unspecified atom stereocenters. The zero-order valence-corrected chi connectivity index (χ0v) is 9.47. The smallest absolute Gasteiger partial charge is 0.120 e. The van der Waals surface area contributed by atoms with Crippen molar-refractivity contribution in [3.05, 3.63) is 59.7 Å². The van der Waals surface area contributed by atoms with Gasteiger partial charge < -0.3 is 15.6 Å². The van der Waals surface area contributed by atoms with Crippen LogP contribution in [0.15, 0.2) is 48.5 Å². The number of ether oxygens (including phenoxy) is 1. The van der Waals surface area contributed by atoms with Crippen LogP contribution in [0.2, 0.25) is 0 Å². The first kappa shape index (κ1) is 11.5. The van der Waals surface area contributed by atoms with Gasteiger partial charge in [0, 0.05) is 12.1 Å². The fourth-order valence-electron chi connectivity index (χ4n) is 1.58. The van der Waals surface area contributed by atoms with E-state index in [1.54, 1.807) is 6.07 Å². The summed E-state index contributed by atoms with van der Waals surface area (Å²) in [6.45, 7) is 0.794. The lowest BCUT2D eigenvalue weighted by molar-refractivity contribution is 0.306. The summed E-state index contributed by atoms with van der Waals surface area (Å²) >= 11 is 0. The Morgan fingerprint density at radius 1 is 1.06 bits per heavy atom. The fourth-order valence-corrected chi connectivity index (χ4v) is 1.58. The number of para-hydroxylation sites is 1. The summed E-state index contributed by atoms with van der Waals surface area (Å²) in [6, 6.07) is 14.9. The van der Waals surface area contributed by atoms with Crippen LogP contribution in [0.25, 0.3) is 0 Å². The number of nitrogens with two attached hydrogens (primary N) is 1. The van der Waals surface area contributed by atoms with Gasteiger partial charge in [-0.15, -0.1) is 0 Å². The lowest BCUT2D eigenvalue weighted by Gasteiger charge is -2.08. The van der Waals surface area contributed by atoms with Gasteiger partial charge in [-0.25, -0.2) is 0 Å². The molecule has 2 aromatic rings. The molecule has 0 saturated carbocycles. The van der Waals surface area contributed by atoms with Crippen LogP contribution in [0.5, 0.6) is 11.5 Å². The van der Waals surface area contributed by atoms with Gasteiger partial charge in [-0.05, 0) is 29.8 Å². The molecule has 0 aromatic heterocycles. The predicted octanol–water partition coefficient (Wildman–Crippen LogP) is 2.43. The Morgan fingerprint density at radius 3 is 2.53 bits per heavy atom. The minimum absolute atomic E-state index is 0.232. The molecule has 0 aliphatic rings. The molecule has 0 fully saturated rings. The summed E-state index contributed by atoms with van der Waals surface area (Å²) in [5.41, 5.74) is 7.25. The highest BCUT2D eigenvalue weighted by atomic mass is 16.5. The maximum atomic E-state index is 9.50. The van der Waals surface area contributed by atoms with Gasteiger partial charge in [0.15, 0.2) is 0 Å². The molecule has 3 heteroatoms. The molecule has 0 atom stereocenters. The molecule has 17 heavy (non-hydrogen) atoms. The lowest BCUT2D eigenvalue weighted by Crippen LogP contribution is -2.00. The lowest BCUT2D eigenvalue weighted by atomic mass is 10.1. The maximum Gasteiger partial charge on any atom is 0.120 e. The highest BCUT2D eigenvalue weighted by molar-refractivity contribution is 5.36. The quantitative estimate of drug-likeness (QED) is 0.846. The van der Waals surface area contributed by atoms with Gasteiger partial charge in [-0.1, -0.05) is 24.3 Å². The fraction of sp³-hybridized carbons (Fsp3) is 0.143. The van der Waals surface area contributed by atoms with Crippen molar-refractivity contribution >= 4 is 0 Å². The molecule has 0 saturated heterocycles. The van der Waals surface area contributed by atoms with Crippen LogP contribution in [0.4, 0.5) is 0 Å². The number of aromatic hydroxyl groups is 1. The Morgan fingerprint density at radius 2 is 1.82 bits per heavy atom. The van der Waals surface area contributed by atoms with Crippen LogP contribution in [-0.4, -0.2) is 5.11 Å². The normalized spacial score (nSPS) is 10.2. The van der Waals surface area contributed by atoms with E-state index in [0.29, 0.717) is 13.2 Å². The Hall–Kier alpha value is -2.00. The van der Waals surface area contributed by atoms with Crippen molar-refractivity contribution in [2.75, 3.05) is 0 Å². The van der Waals surface area contributed by atoms with Crippen molar-refractivity contribution in [1.29, 1.82) is 0 Å². The van der Waals surface area contributed by atoms with E-state index < -0.39 is 0 Å². The van der Waals surface area contributed by atoms with Gasteiger partial charge in [-0.2, -0.15) is 0 Å². The third kappa shape index (κ3) is 2.98. The van der Waals surface area contributed by atoms with Crippen molar-refractivity contribution in [3.63, 3.8) is 0 Å². The molecule has 0 aliphatic heterocycles. The van der Waals surface area contributed by atoms with Crippen LogP contribution in [-0.2, 0) is 13.2 Å². The summed E-state index contributed by atoms with van der Waals surface area (Å²) < 4.78 is 5.61. The van der Waals surface area contributed by atoms with Crippen LogP contribution in [0.1, 0.15) is 11.1 Å². The minimum Gasteiger partial charge on any atom is -0.508 e. The molecule has 0 aliphatic carbocycles. The van der Waals surface area contributed by atoms with E-state index in [2.05, 4.69) is 0 Å². The van der Waals surface area contributed by atoms with Crippen molar-refractivity contribution in [2.24, 2.45) is 5.73 Å². The first-order valence-electron chi connectivity index (χ1n) is 5.48. The van der Waals surface area contributed by atoms with Gasteiger partial charge in [0.05, 0.1) is 0 Å². The Bertz CT molecular complexity index is 483. The second kappa shape index (κ2) is 5.37. The molecule has 3 N–H and O–H groups in total. The number of phenolic OH excluding ortho intramolecular Hbond substituents is 1. The van der Waals surface area contributed by atoms with Crippen LogP contribution < -0.4 is 10.5 Å². The van der Waals surface area contributed by atoms with Gasteiger partial charge in [-0.3, -0.25) is 0 Å². The van der Waals surface area contributed by atoms with E-state index >= 15 is 0 Å². The summed E-state index contributed by atoms with van der Waals surface area (Å²) in [5, 5.41) is 9.50. The number of phenols is 1. The topological polar surface area (TPSA) is 55.5 Å². The Labute approximate surface area is 100 Å². The Kier molecular flexibility index (Phi) is 3.62. The number of hydrogen-bond donors (Lipinski definition) is 2. The molecule has 2 aromatic carbocycles. The maximum absolute atomic E-state index is 9.50. The van der Waals surface area contributed by atoms with Crippen molar-refractivity contribution < 1.29 is 9.84 Å². The first-order valence-corrected chi connectivity index (χ1v) is 5.48. The first-order chi connectivity index (χ1) is 8.29. The molecular formula is C14H15NO2. The van der Waals surface area contributed by atoms with Gasteiger partial charge in [0.1, 0.15) is 18.1 Å². The van der Waals surface area contributed by atoms with E-state index in [9.17, 15) is 5.11 Å². The second-order valence-electron chi connectivity index (χ2n) is 3.77. The number of hydrogen-bond acceptors (Lipinski definition) is 3. The zero-order valence-electron chi connectivity index (χ0n) is 9.47. The van der Waals surface area contributed by atoms with Crippen LogP contribution in [0.3, 0.4) is 0 Å². The molecule has 2 rings (SSSR count). The van der Waals surface area contributed by atoms with E-state index in [0.717, 1.165) is 16.9 Å². The molecule has 0 spiro atoms. The summed E-state index contributed by atoms with van der Waals surface area (Å²) in [6.07, 6.45) is 0. The number of rotatable bonds is 4. The van der Waals surface area contributed by atoms with E-state index in [-0.39, 0.29) is 5.75 Å². The zero-order chi connectivity index (χ0) is 12.1. The van der Waals surface area contributed by atoms with E-state index in [4.69, 9.17) is 10.5 Å². The van der Waals surface area contributed by atoms with Gasteiger partial charge in [0.2, 0.25) is 0 Å². The summed E-state index contributed by atoms with van der Waals surface area (Å²) in [4.78, 5) is 0. The molecule has 88 valence electrons. The predicted molar refractivity (Wildman–Crippen MR) is 66.8 cm³/mol. The molecule has 3 nitrogen and oxygen atoms in total. The molecule has 0 heterocycles. The van der Waals surface area contributed by atoms with Crippen molar-refractivity contribution in [3.8, 4) is 11.5 Å².